The summed E-state index contributed by atoms with van der Waals surface area (Å²) in [5.41, 5.74) is 2.17. The van der Waals surface area contributed by atoms with E-state index in [9.17, 15) is 4.79 Å². The lowest BCUT2D eigenvalue weighted by atomic mass is 9.99. The Kier molecular flexibility index (Phi) is 5.26. The summed E-state index contributed by atoms with van der Waals surface area (Å²) in [6.07, 6.45) is 4.41. The van der Waals surface area contributed by atoms with E-state index in [1.54, 1.807) is 13.2 Å². The van der Waals surface area contributed by atoms with Crippen LogP contribution >= 0.6 is 11.6 Å². The maximum Gasteiger partial charge on any atom is 0.264 e. The van der Waals surface area contributed by atoms with E-state index in [4.69, 9.17) is 21.1 Å². The molecule has 2 aliphatic rings. The summed E-state index contributed by atoms with van der Waals surface area (Å²) in [6, 6.07) is 13.7. The zero-order valence-corrected chi connectivity index (χ0v) is 16.2. The molecule has 2 aromatic carbocycles. The van der Waals surface area contributed by atoms with Crippen molar-refractivity contribution in [3.63, 3.8) is 0 Å². The van der Waals surface area contributed by atoms with Gasteiger partial charge in [0, 0.05) is 18.0 Å². The van der Waals surface area contributed by atoms with E-state index in [0.29, 0.717) is 11.4 Å². The quantitative estimate of drug-likeness (QED) is 0.762. The van der Waals surface area contributed by atoms with Crippen LogP contribution in [0, 0.1) is 0 Å². The van der Waals surface area contributed by atoms with Gasteiger partial charge in [-0.2, -0.15) is 0 Å². The highest BCUT2D eigenvalue weighted by atomic mass is 35.5. The van der Waals surface area contributed by atoms with Crippen molar-refractivity contribution in [1.29, 1.82) is 0 Å². The molecule has 0 saturated carbocycles. The first-order valence-electron chi connectivity index (χ1n) is 9.55. The molecule has 5 heteroatoms. The molecule has 0 N–H and O–H groups in total. The van der Waals surface area contributed by atoms with Crippen LogP contribution in [0.25, 0.3) is 0 Å². The summed E-state index contributed by atoms with van der Waals surface area (Å²) in [7, 11) is 1.66. The van der Waals surface area contributed by atoms with Crippen molar-refractivity contribution in [3.05, 3.63) is 58.6 Å². The summed E-state index contributed by atoms with van der Waals surface area (Å²) in [5.74, 6) is 1.68. The second kappa shape index (κ2) is 7.81. The highest BCUT2D eigenvalue weighted by molar-refractivity contribution is 6.30. The highest BCUT2D eigenvalue weighted by Crippen LogP contribution is 2.35. The van der Waals surface area contributed by atoms with E-state index in [-0.39, 0.29) is 11.9 Å². The first kappa shape index (κ1) is 18.2. The fraction of sp³-hybridized carbons (Fsp3) is 0.409. The normalized spacial score (nSPS) is 21.9. The molecule has 2 atom stereocenters. The first-order chi connectivity index (χ1) is 13.2. The SMILES string of the molecule is COc1ccc([C@H]2CCCCCN2C(=O)[C@@H]2Cc3cc(Cl)ccc3O2)cc1. The van der Waals surface area contributed by atoms with Gasteiger partial charge in [0.1, 0.15) is 11.5 Å². The smallest absolute Gasteiger partial charge is 0.264 e. The van der Waals surface area contributed by atoms with Crippen molar-refractivity contribution < 1.29 is 14.3 Å². The molecule has 4 nitrogen and oxygen atoms in total. The Morgan fingerprint density at radius 1 is 1.15 bits per heavy atom. The molecule has 2 aliphatic heterocycles. The zero-order chi connectivity index (χ0) is 18.8. The average Bonchev–Trinajstić information content (AvgIpc) is 2.95. The standard InChI is InChI=1S/C22H24ClNO3/c1-26-18-9-6-15(7-10-18)19-5-3-2-4-12-24(19)22(25)21-14-16-13-17(23)8-11-20(16)27-21/h6-11,13,19,21H,2-5,12,14H2,1H3/t19-,21+/m1/s1. The summed E-state index contributed by atoms with van der Waals surface area (Å²) in [5, 5.41) is 0.677. The van der Waals surface area contributed by atoms with Gasteiger partial charge in [-0.05, 0) is 54.3 Å². The molecular formula is C22H24ClNO3. The van der Waals surface area contributed by atoms with Crippen molar-refractivity contribution in [1.82, 2.24) is 4.90 Å². The third kappa shape index (κ3) is 3.77. The van der Waals surface area contributed by atoms with Crippen molar-refractivity contribution in [2.75, 3.05) is 13.7 Å². The molecule has 0 aliphatic carbocycles. The topological polar surface area (TPSA) is 38.8 Å². The molecule has 142 valence electrons. The van der Waals surface area contributed by atoms with Crippen molar-refractivity contribution in [2.45, 2.75) is 44.2 Å². The lowest BCUT2D eigenvalue weighted by molar-refractivity contribution is -0.140. The van der Waals surface area contributed by atoms with Crippen LogP contribution in [0.2, 0.25) is 5.02 Å². The molecule has 0 aromatic heterocycles. The monoisotopic (exact) mass is 385 g/mol. The molecule has 0 radical (unpaired) electrons. The summed E-state index contributed by atoms with van der Waals surface area (Å²) in [4.78, 5) is 15.4. The molecule has 2 heterocycles. The van der Waals surface area contributed by atoms with Crippen LogP contribution in [0.5, 0.6) is 11.5 Å². The minimum Gasteiger partial charge on any atom is -0.497 e. The van der Waals surface area contributed by atoms with E-state index in [0.717, 1.165) is 54.9 Å². The predicted molar refractivity (Wildman–Crippen MR) is 105 cm³/mol. The number of carbonyl (C=O) groups is 1. The molecule has 1 fully saturated rings. The first-order valence-corrected chi connectivity index (χ1v) is 9.93. The van der Waals surface area contributed by atoms with Gasteiger partial charge in [0.05, 0.1) is 13.2 Å². The van der Waals surface area contributed by atoms with Gasteiger partial charge in [-0.15, -0.1) is 0 Å². The van der Waals surface area contributed by atoms with E-state index >= 15 is 0 Å². The van der Waals surface area contributed by atoms with E-state index in [2.05, 4.69) is 12.1 Å². The summed E-state index contributed by atoms with van der Waals surface area (Å²) >= 11 is 6.09. The number of hydrogen-bond donors (Lipinski definition) is 0. The van der Waals surface area contributed by atoms with Gasteiger partial charge in [-0.25, -0.2) is 0 Å². The summed E-state index contributed by atoms with van der Waals surface area (Å²) in [6.45, 7) is 0.770. The lowest BCUT2D eigenvalue weighted by Crippen LogP contribution is -2.43. The van der Waals surface area contributed by atoms with Gasteiger partial charge >= 0.3 is 0 Å². The molecule has 1 saturated heterocycles. The fourth-order valence-corrected chi connectivity index (χ4v) is 4.28. The molecule has 0 spiro atoms. The Morgan fingerprint density at radius 2 is 1.96 bits per heavy atom. The Balaban J connectivity index is 1.56. The predicted octanol–water partition coefficient (Wildman–Crippen LogP) is 4.80. The van der Waals surface area contributed by atoms with Crippen molar-refractivity contribution in [3.8, 4) is 11.5 Å². The van der Waals surface area contributed by atoms with Crippen molar-refractivity contribution in [2.24, 2.45) is 0 Å². The number of amides is 1. The number of rotatable bonds is 3. The van der Waals surface area contributed by atoms with Crippen LogP contribution in [0.15, 0.2) is 42.5 Å². The number of halogens is 1. The minimum absolute atomic E-state index is 0.0741. The Morgan fingerprint density at radius 3 is 2.74 bits per heavy atom. The van der Waals surface area contributed by atoms with Crippen LogP contribution in [0.1, 0.15) is 42.9 Å². The number of benzene rings is 2. The third-order valence-corrected chi connectivity index (χ3v) is 5.74. The van der Waals surface area contributed by atoms with Crippen LogP contribution < -0.4 is 9.47 Å². The van der Waals surface area contributed by atoms with Crippen LogP contribution in [-0.2, 0) is 11.2 Å². The van der Waals surface area contributed by atoms with Gasteiger partial charge in [-0.3, -0.25) is 4.79 Å². The maximum atomic E-state index is 13.4. The number of nitrogens with zero attached hydrogens (tertiary/aromatic N) is 1. The Hall–Kier alpha value is -2.20. The molecule has 27 heavy (non-hydrogen) atoms. The number of likely N-dealkylation sites (tertiary alicyclic amines) is 1. The minimum atomic E-state index is -0.461. The molecular weight excluding hydrogens is 362 g/mol. The van der Waals surface area contributed by atoms with Gasteiger partial charge in [-0.1, -0.05) is 36.6 Å². The van der Waals surface area contributed by atoms with E-state index < -0.39 is 6.10 Å². The second-order valence-corrected chi connectivity index (χ2v) is 7.67. The largest absolute Gasteiger partial charge is 0.497 e. The molecule has 0 bridgehead atoms. The number of methoxy groups -OCH3 is 1. The van der Waals surface area contributed by atoms with Crippen LogP contribution in [0.4, 0.5) is 0 Å². The summed E-state index contributed by atoms with van der Waals surface area (Å²) < 4.78 is 11.2. The lowest BCUT2D eigenvalue weighted by Gasteiger charge is -2.32. The van der Waals surface area contributed by atoms with Gasteiger partial charge in [0.2, 0.25) is 0 Å². The second-order valence-electron chi connectivity index (χ2n) is 7.23. The molecule has 1 amide bonds. The van der Waals surface area contributed by atoms with Gasteiger partial charge in [0.15, 0.2) is 6.10 Å². The average molecular weight is 386 g/mol. The maximum absolute atomic E-state index is 13.4. The zero-order valence-electron chi connectivity index (χ0n) is 15.5. The van der Waals surface area contributed by atoms with Crippen molar-refractivity contribution >= 4 is 17.5 Å². The third-order valence-electron chi connectivity index (χ3n) is 5.51. The Bertz CT molecular complexity index is 821. The molecule has 4 rings (SSSR count). The van der Waals surface area contributed by atoms with E-state index in [1.165, 1.54) is 0 Å². The van der Waals surface area contributed by atoms with Gasteiger partial charge in [0.25, 0.3) is 5.91 Å². The fourth-order valence-electron chi connectivity index (χ4n) is 4.08. The van der Waals surface area contributed by atoms with Gasteiger partial charge < -0.3 is 14.4 Å². The Labute approximate surface area is 165 Å². The molecule has 0 unspecified atom stereocenters. The van der Waals surface area contributed by atoms with Crippen LogP contribution in [0.3, 0.4) is 0 Å². The number of ether oxygens (including phenoxy) is 2. The van der Waals surface area contributed by atoms with Crippen LogP contribution in [-0.4, -0.2) is 30.6 Å². The highest BCUT2D eigenvalue weighted by Gasteiger charge is 2.36. The number of carbonyl (C=O) groups excluding carboxylic acids is 1. The van der Waals surface area contributed by atoms with E-state index in [1.807, 2.05) is 29.2 Å². The number of hydrogen-bond acceptors (Lipinski definition) is 3. The number of fused-ring (bicyclic) bond motifs is 1. The molecule has 2 aromatic rings.